The second-order valence-electron chi connectivity index (χ2n) is 5.73. The van der Waals surface area contributed by atoms with Gasteiger partial charge in [-0.2, -0.15) is 0 Å². The highest BCUT2D eigenvalue weighted by Gasteiger charge is 2.14. The molecule has 0 radical (unpaired) electrons. The summed E-state index contributed by atoms with van der Waals surface area (Å²) < 4.78 is 2.37. The van der Waals surface area contributed by atoms with Gasteiger partial charge in [0.25, 0.3) is 0 Å². The predicted octanol–water partition coefficient (Wildman–Crippen LogP) is 5.05. The van der Waals surface area contributed by atoms with Crippen molar-refractivity contribution < 1.29 is 0 Å². The fourth-order valence-electron chi connectivity index (χ4n) is 2.97. The number of benzene rings is 1. The maximum absolute atomic E-state index is 4.60. The number of aryl methyl sites for hydroxylation is 1. The smallest absolute Gasteiger partial charge is 0.0659 e. The number of aliphatic imine (C=N–C) groups is 1. The van der Waals surface area contributed by atoms with Gasteiger partial charge in [0.2, 0.25) is 0 Å². The lowest BCUT2D eigenvalue weighted by molar-refractivity contribution is 0.354. The van der Waals surface area contributed by atoms with Crippen LogP contribution in [0.15, 0.2) is 47.7 Å². The second-order valence-corrected chi connectivity index (χ2v) is 5.73. The van der Waals surface area contributed by atoms with E-state index in [9.17, 15) is 0 Å². The minimum absolute atomic E-state index is 0.698. The van der Waals surface area contributed by atoms with E-state index in [1.54, 1.807) is 0 Å². The summed E-state index contributed by atoms with van der Waals surface area (Å²) in [6.07, 6.45) is 13.2. The van der Waals surface area contributed by atoms with Gasteiger partial charge in [0.15, 0.2) is 0 Å². The lowest BCUT2D eigenvalue weighted by Gasteiger charge is -2.23. The second kappa shape index (κ2) is 6.08. The summed E-state index contributed by atoms with van der Waals surface area (Å²) in [5.74, 6) is 0. The normalized spacial score (nSPS) is 16.9. The standard InChI is InChI=1S/C18H22N2/c1-15-7-5-6-10-18(15)19-13-16-11-12-20(14-16)17-8-3-2-4-9-17/h5-7,10-14,17H,2-4,8-9H2,1H3. The van der Waals surface area contributed by atoms with Crippen molar-refractivity contribution in [3.63, 3.8) is 0 Å². The van der Waals surface area contributed by atoms with Crippen LogP contribution in [0.3, 0.4) is 0 Å². The molecule has 0 spiro atoms. The van der Waals surface area contributed by atoms with Crippen molar-refractivity contribution in [1.82, 2.24) is 4.57 Å². The first kappa shape index (κ1) is 13.2. The topological polar surface area (TPSA) is 17.3 Å². The van der Waals surface area contributed by atoms with Crippen molar-refractivity contribution in [3.05, 3.63) is 53.9 Å². The Labute approximate surface area is 121 Å². The monoisotopic (exact) mass is 266 g/mol. The number of hydrogen-bond acceptors (Lipinski definition) is 1. The Bertz CT molecular complexity index is 589. The van der Waals surface area contributed by atoms with Gasteiger partial charge in [0, 0.05) is 30.2 Å². The van der Waals surface area contributed by atoms with E-state index in [0.717, 1.165) is 5.69 Å². The van der Waals surface area contributed by atoms with Gasteiger partial charge < -0.3 is 4.57 Å². The molecule has 2 aromatic rings. The van der Waals surface area contributed by atoms with Crippen LogP contribution in [0.1, 0.15) is 49.3 Å². The predicted molar refractivity (Wildman–Crippen MR) is 85.0 cm³/mol. The molecule has 0 amide bonds. The van der Waals surface area contributed by atoms with Crippen molar-refractivity contribution in [2.24, 2.45) is 4.99 Å². The quantitative estimate of drug-likeness (QED) is 0.691. The lowest BCUT2D eigenvalue weighted by atomic mass is 9.95. The van der Waals surface area contributed by atoms with E-state index in [2.05, 4.69) is 47.1 Å². The van der Waals surface area contributed by atoms with Gasteiger partial charge in [-0.3, -0.25) is 4.99 Å². The highest BCUT2D eigenvalue weighted by atomic mass is 15.0. The minimum atomic E-state index is 0.698. The number of nitrogens with zero attached hydrogens (tertiary/aromatic N) is 2. The van der Waals surface area contributed by atoms with Crippen LogP contribution in [0.25, 0.3) is 0 Å². The van der Waals surface area contributed by atoms with Crippen LogP contribution >= 0.6 is 0 Å². The molecular weight excluding hydrogens is 244 g/mol. The zero-order valence-electron chi connectivity index (χ0n) is 12.1. The minimum Gasteiger partial charge on any atom is -0.351 e. The fourth-order valence-corrected chi connectivity index (χ4v) is 2.97. The summed E-state index contributed by atoms with van der Waals surface area (Å²) in [7, 11) is 0. The lowest BCUT2D eigenvalue weighted by Crippen LogP contribution is -2.10. The summed E-state index contributed by atoms with van der Waals surface area (Å²) in [6.45, 7) is 2.10. The van der Waals surface area contributed by atoms with Gasteiger partial charge in [-0.25, -0.2) is 0 Å². The summed E-state index contributed by atoms with van der Waals surface area (Å²) >= 11 is 0. The molecule has 1 aromatic carbocycles. The summed E-state index contributed by atoms with van der Waals surface area (Å²) in [5, 5.41) is 0. The van der Waals surface area contributed by atoms with Gasteiger partial charge in [0.1, 0.15) is 0 Å². The first-order valence-electron chi connectivity index (χ1n) is 7.60. The molecule has 0 saturated heterocycles. The third kappa shape index (κ3) is 3.01. The van der Waals surface area contributed by atoms with Gasteiger partial charge in [0.05, 0.1) is 5.69 Å². The molecule has 1 fully saturated rings. The Hall–Kier alpha value is -1.83. The Morgan fingerprint density at radius 3 is 2.70 bits per heavy atom. The van der Waals surface area contributed by atoms with E-state index in [0.29, 0.717) is 6.04 Å². The van der Waals surface area contributed by atoms with E-state index >= 15 is 0 Å². The van der Waals surface area contributed by atoms with Crippen molar-refractivity contribution >= 4 is 11.9 Å². The number of hydrogen-bond donors (Lipinski definition) is 0. The zero-order valence-corrected chi connectivity index (χ0v) is 12.1. The Morgan fingerprint density at radius 1 is 1.10 bits per heavy atom. The van der Waals surface area contributed by atoms with E-state index in [-0.39, 0.29) is 0 Å². The molecule has 20 heavy (non-hydrogen) atoms. The third-order valence-corrected chi connectivity index (χ3v) is 4.20. The van der Waals surface area contributed by atoms with Crippen LogP contribution in [0.5, 0.6) is 0 Å². The van der Waals surface area contributed by atoms with Crippen molar-refractivity contribution in [3.8, 4) is 0 Å². The Kier molecular flexibility index (Phi) is 4.00. The van der Waals surface area contributed by atoms with E-state index < -0.39 is 0 Å². The summed E-state index contributed by atoms with van der Waals surface area (Å²) in [5.41, 5.74) is 3.47. The molecule has 1 saturated carbocycles. The van der Waals surface area contributed by atoms with E-state index in [4.69, 9.17) is 0 Å². The number of aromatic nitrogens is 1. The maximum Gasteiger partial charge on any atom is 0.0659 e. The van der Waals surface area contributed by atoms with Crippen molar-refractivity contribution in [1.29, 1.82) is 0 Å². The fraction of sp³-hybridized carbons (Fsp3) is 0.389. The highest BCUT2D eigenvalue weighted by Crippen LogP contribution is 2.28. The third-order valence-electron chi connectivity index (χ3n) is 4.20. The SMILES string of the molecule is Cc1ccccc1N=Cc1ccn(C2CCCCC2)c1. The van der Waals surface area contributed by atoms with Gasteiger partial charge in [-0.15, -0.1) is 0 Å². The van der Waals surface area contributed by atoms with Crippen LogP contribution in [0.4, 0.5) is 5.69 Å². The molecule has 3 rings (SSSR count). The molecule has 0 bridgehead atoms. The Morgan fingerprint density at radius 2 is 1.90 bits per heavy atom. The van der Waals surface area contributed by atoms with Gasteiger partial charge in [-0.1, -0.05) is 37.5 Å². The molecule has 1 heterocycles. The molecule has 0 unspecified atom stereocenters. The Balaban J connectivity index is 1.72. The molecule has 2 heteroatoms. The highest BCUT2D eigenvalue weighted by molar-refractivity contribution is 5.82. The molecule has 0 atom stereocenters. The maximum atomic E-state index is 4.60. The summed E-state index contributed by atoms with van der Waals surface area (Å²) in [6, 6.07) is 11.1. The zero-order chi connectivity index (χ0) is 13.8. The largest absolute Gasteiger partial charge is 0.351 e. The van der Waals surface area contributed by atoms with E-state index in [1.807, 2.05) is 18.3 Å². The first-order valence-corrected chi connectivity index (χ1v) is 7.60. The van der Waals surface area contributed by atoms with Crippen LogP contribution < -0.4 is 0 Å². The van der Waals surface area contributed by atoms with Crippen LogP contribution in [0, 0.1) is 6.92 Å². The summed E-state index contributed by atoms with van der Waals surface area (Å²) in [4.78, 5) is 4.60. The van der Waals surface area contributed by atoms with Crippen LogP contribution in [-0.4, -0.2) is 10.8 Å². The van der Waals surface area contributed by atoms with Crippen molar-refractivity contribution in [2.75, 3.05) is 0 Å². The first-order chi connectivity index (χ1) is 9.83. The van der Waals surface area contributed by atoms with E-state index in [1.165, 1.54) is 43.2 Å². The molecule has 2 nitrogen and oxygen atoms in total. The average Bonchev–Trinajstić information content (AvgIpc) is 2.96. The van der Waals surface area contributed by atoms with Crippen LogP contribution in [-0.2, 0) is 0 Å². The molecule has 0 aliphatic heterocycles. The van der Waals surface area contributed by atoms with Gasteiger partial charge in [-0.05, 0) is 37.5 Å². The number of rotatable bonds is 3. The molecule has 1 aromatic heterocycles. The molecule has 0 N–H and O–H groups in total. The van der Waals surface area contributed by atoms with Gasteiger partial charge >= 0.3 is 0 Å². The number of para-hydroxylation sites is 1. The average molecular weight is 266 g/mol. The molecule has 1 aliphatic carbocycles. The van der Waals surface area contributed by atoms with Crippen molar-refractivity contribution in [2.45, 2.75) is 45.1 Å². The molecule has 104 valence electrons. The van der Waals surface area contributed by atoms with Crippen LogP contribution in [0.2, 0.25) is 0 Å². The molecule has 1 aliphatic rings. The molecular formula is C18H22N2.